The van der Waals surface area contributed by atoms with Crippen molar-refractivity contribution in [1.82, 2.24) is 0 Å². The van der Waals surface area contributed by atoms with Gasteiger partial charge >= 0.3 is 5.97 Å². The first-order valence-corrected chi connectivity index (χ1v) is 5.60. The van der Waals surface area contributed by atoms with Crippen molar-refractivity contribution in [2.24, 2.45) is 0 Å². The second kappa shape index (κ2) is 5.27. The number of benzene rings is 2. The summed E-state index contributed by atoms with van der Waals surface area (Å²) in [7, 11) is 0. The summed E-state index contributed by atoms with van der Waals surface area (Å²) in [5.74, 6) is -0.958. The summed E-state index contributed by atoms with van der Waals surface area (Å²) in [6.45, 7) is 0. The van der Waals surface area contributed by atoms with Crippen LogP contribution >= 0.6 is 0 Å². The van der Waals surface area contributed by atoms with Gasteiger partial charge in [0.2, 0.25) is 0 Å². The minimum atomic E-state index is -1.08. The molecule has 2 aromatic rings. The summed E-state index contributed by atoms with van der Waals surface area (Å²) < 4.78 is 0. The third-order valence-corrected chi connectivity index (χ3v) is 2.59. The number of carboxylic acids is 1. The Kier molecular flexibility index (Phi) is 3.52. The summed E-state index contributed by atoms with van der Waals surface area (Å²) in [4.78, 5) is 11.3. The number of hydrogen-bond acceptors (Lipinski definition) is 3. The highest BCUT2D eigenvalue weighted by Crippen LogP contribution is 2.22. The molecule has 0 aliphatic heterocycles. The molecule has 3 N–H and O–H groups in total. The van der Waals surface area contributed by atoms with Crippen LogP contribution in [0.3, 0.4) is 0 Å². The maximum absolute atomic E-state index is 11.3. The van der Waals surface area contributed by atoms with Gasteiger partial charge in [-0.1, -0.05) is 24.3 Å². The molecule has 19 heavy (non-hydrogen) atoms. The van der Waals surface area contributed by atoms with Crippen molar-refractivity contribution in [3.63, 3.8) is 0 Å². The zero-order valence-corrected chi connectivity index (χ0v) is 9.95. The normalized spacial score (nSPS) is 11.3. The molecular formula is C15H12O4. The number of carbonyl (C=O) groups is 1. The smallest absolute Gasteiger partial charge is 0.336 e. The van der Waals surface area contributed by atoms with E-state index in [-0.39, 0.29) is 17.1 Å². The average Bonchev–Trinajstić information content (AvgIpc) is 2.37. The van der Waals surface area contributed by atoms with Gasteiger partial charge in [0.1, 0.15) is 11.5 Å². The quantitative estimate of drug-likeness (QED) is 0.583. The second-order valence-electron chi connectivity index (χ2n) is 4.01. The van der Waals surface area contributed by atoms with Gasteiger partial charge in [0, 0.05) is 0 Å². The van der Waals surface area contributed by atoms with Crippen LogP contribution in [0.15, 0.2) is 48.5 Å². The number of rotatable bonds is 3. The third-order valence-electron chi connectivity index (χ3n) is 2.59. The van der Waals surface area contributed by atoms with Crippen LogP contribution in [0.4, 0.5) is 0 Å². The van der Waals surface area contributed by atoms with Gasteiger partial charge in [0.25, 0.3) is 0 Å². The van der Waals surface area contributed by atoms with Crippen molar-refractivity contribution in [3.05, 3.63) is 59.7 Å². The van der Waals surface area contributed by atoms with Crippen molar-refractivity contribution in [3.8, 4) is 11.5 Å². The molecule has 0 bridgehead atoms. The van der Waals surface area contributed by atoms with Gasteiger partial charge in [-0.3, -0.25) is 0 Å². The van der Waals surface area contributed by atoms with Crippen LogP contribution in [0.2, 0.25) is 0 Å². The van der Waals surface area contributed by atoms with Gasteiger partial charge in [-0.2, -0.15) is 0 Å². The minimum Gasteiger partial charge on any atom is -0.508 e. The van der Waals surface area contributed by atoms with Crippen LogP contribution in [0.25, 0.3) is 11.6 Å². The summed E-state index contributed by atoms with van der Waals surface area (Å²) >= 11 is 0. The van der Waals surface area contributed by atoms with Crippen LogP contribution in [-0.2, 0) is 4.79 Å². The molecule has 0 saturated carbocycles. The van der Waals surface area contributed by atoms with Crippen molar-refractivity contribution >= 4 is 17.6 Å². The van der Waals surface area contributed by atoms with Crippen LogP contribution in [0, 0.1) is 0 Å². The lowest BCUT2D eigenvalue weighted by atomic mass is 10.0. The number of hydrogen-bond donors (Lipinski definition) is 3. The predicted molar refractivity (Wildman–Crippen MR) is 71.7 cm³/mol. The van der Waals surface area contributed by atoms with E-state index in [9.17, 15) is 20.1 Å². The largest absolute Gasteiger partial charge is 0.508 e. The van der Waals surface area contributed by atoms with Crippen molar-refractivity contribution < 1.29 is 20.1 Å². The van der Waals surface area contributed by atoms with E-state index in [2.05, 4.69) is 0 Å². The molecule has 0 radical (unpaired) electrons. The molecule has 2 aromatic carbocycles. The molecule has 0 aliphatic carbocycles. The average molecular weight is 256 g/mol. The third kappa shape index (κ3) is 3.13. The Balaban J connectivity index is 2.46. The first-order valence-electron chi connectivity index (χ1n) is 5.60. The number of carboxylic acid groups (broad SMARTS) is 1. The van der Waals surface area contributed by atoms with Crippen LogP contribution in [0.5, 0.6) is 11.5 Å². The van der Waals surface area contributed by atoms with Crippen LogP contribution in [0.1, 0.15) is 11.1 Å². The lowest BCUT2D eigenvalue weighted by Gasteiger charge is -2.04. The summed E-state index contributed by atoms with van der Waals surface area (Å²) in [6, 6.07) is 12.2. The molecule has 4 heteroatoms. The minimum absolute atomic E-state index is 0.00959. The maximum Gasteiger partial charge on any atom is 0.336 e. The standard InChI is InChI=1S/C15H12O4/c16-12-6-4-10(5-7-12)8-14(15(18)19)11-2-1-3-13(17)9-11/h1-9,16-17H,(H,18,19)/b14-8+. The summed E-state index contributed by atoms with van der Waals surface area (Å²) in [5.41, 5.74) is 1.14. The maximum atomic E-state index is 11.3. The Morgan fingerprint density at radius 3 is 2.21 bits per heavy atom. The molecule has 0 unspecified atom stereocenters. The highest BCUT2D eigenvalue weighted by atomic mass is 16.4. The topological polar surface area (TPSA) is 77.8 Å². The molecule has 0 aliphatic rings. The van der Waals surface area contributed by atoms with E-state index >= 15 is 0 Å². The monoisotopic (exact) mass is 256 g/mol. The van der Waals surface area contributed by atoms with Gasteiger partial charge in [-0.25, -0.2) is 4.79 Å². The molecule has 4 nitrogen and oxygen atoms in total. The van der Waals surface area contributed by atoms with E-state index in [1.165, 1.54) is 30.3 Å². The Morgan fingerprint density at radius 2 is 1.63 bits per heavy atom. The Bertz CT molecular complexity index is 627. The van der Waals surface area contributed by atoms with E-state index in [4.69, 9.17) is 0 Å². The molecule has 0 fully saturated rings. The van der Waals surface area contributed by atoms with Gasteiger partial charge in [0.15, 0.2) is 0 Å². The van der Waals surface area contributed by atoms with E-state index < -0.39 is 5.97 Å². The predicted octanol–water partition coefficient (Wildman–Crippen LogP) is 2.72. The molecule has 0 heterocycles. The number of phenolic OH excluding ortho intramolecular Hbond substituents is 2. The highest BCUT2D eigenvalue weighted by molar-refractivity contribution is 6.20. The zero-order valence-electron chi connectivity index (χ0n) is 9.95. The fourth-order valence-electron chi connectivity index (χ4n) is 1.68. The summed E-state index contributed by atoms with van der Waals surface area (Å²) in [5, 5.41) is 27.8. The van der Waals surface area contributed by atoms with E-state index in [1.54, 1.807) is 24.3 Å². The SMILES string of the molecule is O=C(O)/C(=C/c1ccc(O)cc1)c1cccc(O)c1. The van der Waals surface area contributed by atoms with E-state index in [0.717, 1.165) is 0 Å². The highest BCUT2D eigenvalue weighted by Gasteiger charge is 2.10. The summed E-state index contributed by atoms with van der Waals surface area (Å²) in [6.07, 6.45) is 1.48. The van der Waals surface area contributed by atoms with Crippen LogP contribution in [-0.4, -0.2) is 21.3 Å². The van der Waals surface area contributed by atoms with Gasteiger partial charge in [0.05, 0.1) is 5.57 Å². The van der Waals surface area contributed by atoms with Crippen molar-refractivity contribution in [2.45, 2.75) is 0 Å². The molecule has 0 aromatic heterocycles. The Morgan fingerprint density at radius 1 is 0.947 bits per heavy atom. The molecule has 0 spiro atoms. The molecule has 2 rings (SSSR count). The first-order chi connectivity index (χ1) is 9.06. The fraction of sp³-hybridized carbons (Fsp3) is 0. The van der Waals surface area contributed by atoms with Crippen molar-refractivity contribution in [1.29, 1.82) is 0 Å². The zero-order chi connectivity index (χ0) is 13.8. The fourth-order valence-corrected chi connectivity index (χ4v) is 1.68. The van der Waals surface area contributed by atoms with Crippen LogP contribution < -0.4 is 0 Å². The lowest BCUT2D eigenvalue weighted by Crippen LogP contribution is -1.99. The molecular weight excluding hydrogens is 244 g/mol. The van der Waals surface area contributed by atoms with Gasteiger partial charge < -0.3 is 15.3 Å². The molecule has 0 amide bonds. The lowest BCUT2D eigenvalue weighted by molar-refractivity contribution is -0.130. The molecule has 0 saturated heterocycles. The number of aliphatic carboxylic acids is 1. The van der Waals surface area contributed by atoms with Crippen molar-refractivity contribution in [2.75, 3.05) is 0 Å². The Labute approximate surface area is 109 Å². The number of phenols is 2. The van der Waals surface area contributed by atoms with Gasteiger partial charge in [-0.05, 0) is 41.5 Å². The van der Waals surface area contributed by atoms with Gasteiger partial charge in [-0.15, -0.1) is 0 Å². The van der Waals surface area contributed by atoms with E-state index in [1.807, 2.05) is 0 Å². The molecule has 0 atom stereocenters. The molecule has 96 valence electrons. The first kappa shape index (κ1) is 12.7. The second-order valence-corrected chi connectivity index (χ2v) is 4.01. The Hall–Kier alpha value is -2.75. The van der Waals surface area contributed by atoms with E-state index in [0.29, 0.717) is 11.1 Å². The number of aromatic hydroxyl groups is 2.